The van der Waals surface area contributed by atoms with Gasteiger partial charge >= 0.3 is 0 Å². The number of likely N-dealkylation sites (tertiary alicyclic amines) is 1. The van der Waals surface area contributed by atoms with Gasteiger partial charge in [0.15, 0.2) is 0 Å². The van der Waals surface area contributed by atoms with E-state index in [0.29, 0.717) is 12.1 Å². The Morgan fingerprint density at radius 3 is 2.81 bits per heavy atom. The summed E-state index contributed by atoms with van der Waals surface area (Å²) in [6, 6.07) is 5.59. The number of rotatable bonds is 3. The molecule has 0 unspecified atom stereocenters. The third kappa shape index (κ3) is 2.41. The molecule has 1 atom stereocenters. The predicted molar refractivity (Wildman–Crippen MR) is 69.8 cm³/mol. The molecular formula is C13H20N2S. The van der Waals surface area contributed by atoms with Gasteiger partial charge in [0.05, 0.1) is 5.03 Å². The minimum Gasteiger partial charge on any atom is -0.294 e. The van der Waals surface area contributed by atoms with Crippen molar-refractivity contribution in [1.82, 2.24) is 9.88 Å². The predicted octanol–water partition coefficient (Wildman–Crippen LogP) is 3.35. The first kappa shape index (κ1) is 11.9. The van der Waals surface area contributed by atoms with E-state index >= 15 is 0 Å². The van der Waals surface area contributed by atoms with Gasteiger partial charge in [-0.05, 0) is 51.1 Å². The fourth-order valence-corrected chi connectivity index (χ4v) is 2.84. The molecule has 0 bridgehead atoms. The van der Waals surface area contributed by atoms with Crippen LogP contribution in [0.15, 0.2) is 23.4 Å². The van der Waals surface area contributed by atoms with E-state index in [-0.39, 0.29) is 0 Å². The van der Waals surface area contributed by atoms with E-state index in [9.17, 15) is 0 Å². The highest BCUT2D eigenvalue weighted by atomic mass is 32.2. The molecule has 3 heteroatoms. The van der Waals surface area contributed by atoms with Crippen LogP contribution in [-0.4, -0.2) is 28.7 Å². The van der Waals surface area contributed by atoms with Gasteiger partial charge in [0, 0.05) is 18.3 Å². The number of hydrogen-bond donors (Lipinski definition) is 0. The van der Waals surface area contributed by atoms with Crippen LogP contribution in [0.25, 0.3) is 0 Å². The van der Waals surface area contributed by atoms with Crippen LogP contribution < -0.4 is 0 Å². The van der Waals surface area contributed by atoms with E-state index in [1.165, 1.54) is 24.9 Å². The fraction of sp³-hybridized carbons (Fsp3) is 0.615. The minimum atomic E-state index is 0.586. The molecule has 2 rings (SSSR count). The molecule has 0 amide bonds. The van der Waals surface area contributed by atoms with Crippen molar-refractivity contribution in [2.75, 3.05) is 12.8 Å². The Balaban J connectivity index is 2.16. The molecule has 2 nitrogen and oxygen atoms in total. The van der Waals surface area contributed by atoms with Crippen molar-refractivity contribution in [2.45, 2.75) is 43.8 Å². The number of thioether (sulfide) groups is 1. The summed E-state index contributed by atoms with van der Waals surface area (Å²) in [5.41, 5.74) is 1.38. The number of nitrogens with zero attached hydrogens (tertiary/aromatic N) is 2. The van der Waals surface area contributed by atoms with Crippen LogP contribution in [0.2, 0.25) is 0 Å². The maximum Gasteiger partial charge on any atom is 0.0957 e. The maximum atomic E-state index is 4.47. The lowest BCUT2D eigenvalue weighted by atomic mass is 10.1. The molecule has 88 valence electrons. The molecule has 16 heavy (non-hydrogen) atoms. The zero-order chi connectivity index (χ0) is 11.5. The van der Waals surface area contributed by atoms with E-state index in [2.05, 4.69) is 48.3 Å². The van der Waals surface area contributed by atoms with Gasteiger partial charge in [-0.3, -0.25) is 4.90 Å². The van der Waals surface area contributed by atoms with Crippen LogP contribution in [0.5, 0.6) is 0 Å². The molecule has 0 radical (unpaired) electrons. The first-order valence-electron chi connectivity index (χ1n) is 5.98. The van der Waals surface area contributed by atoms with Crippen molar-refractivity contribution in [3.63, 3.8) is 0 Å². The monoisotopic (exact) mass is 236 g/mol. The Labute approximate surface area is 102 Å². The van der Waals surface area contributed by atoms with Gasteiger partial charge in [-0.1, -0.05) is 6.07 Å². The molecule has 0 aromatic carbocycles. The molecule has 2 heterocycles. The van der Waals surface area contributed by atoms with Crippen LogP contribution in [0.4, 0.5) is 0 Å². The smallest absolute Gasteiger partial charge is 0.0957 e. The molecule has 1 fully saturated rings. The van der Waals surface area contributed by atoms with Crippen molar-refractivity contribution in [1.29, 1.82) is 0 Å². The second-order valence-corrected chi connectivity index (χ2v) is 5.45. The van der Waals surface area contributed by atoms with Crippen molar-refractivity contribution in [2.24, 2.45) is 0 Å². The highest BCUT2D eigenvalue weighted by molar-refractivity contribution is 7.98. The summed E-state index contributed by atoms with van der Waals surface area (Å²) in [5.74, 6) is 0. The van der Waals surface area contributed by atoms with E-state index in [4.69, 9.17) is 0 Å². The van der Waals surface area contributed by atoms with Crippen LogP contribution in [-0.2, 0) is 0 Å². The van der Waals surface area contributed by atoms with Gasteiger partial charge in [-0.25, -0.2) is 4.98 Å². The summed E-state index contributed by atoms with van der Waals surface area (Å²) >= 11 is 1.70. The summed E-state index contributed by atoms with van der Waals surface area (Å²) in [7, 11) is 0. The zero-order valence-corrected chi connectivity index (χ0v) is 11.1. The van der Waals surface area contributed by atoms with Crippen molar-refractivity contribution < 1.29 is 0 Å². The molecule has 0 saturated carbocycles. The third-order valence-electron chi connectivity index (χ3n) is 3.31. The van der Waals surface area contributed by atoms with Crippen molar-refractivity contribution in [3.8, 4) is 0 Å². The lowest BCUT2D eigenvalue weighted by molar-refractivity contribution is 0.205. The number of pyridine rings is 1. The Morgan fingerprint density at radius 2 is 2.25 bits per heavy atom. The Kier molecular flexibility index (Phi) is 3.87. The third-order valence-corrected chi connectivity index (χ3v) is 3.97. The molecule has 1 aliphatic rings. The molecule has 1 aromatic rings. The average molecular weight is 236 g/mol. The van der Waals surface area contributed by atoms with Crippen molar-refractivity contribution >= 4 is 11.8 Å². The van der Waals surface area contributed by atoms with Crippen molar-refractivity contribution in [3.05, 3.63) is 23.9 Å². The Hall–Kier alpha value is -0.540. The first-order chi connectivity index (χ1) is 7.72. The van der Waals surface area contributed by atoms with Gasteiger partial charge in [-0.15, -0.1) is 11.8 Å². The largest absolute Gasteiger partial charge is 0.294 e. The van der Waals surface area contributed by atoms with E-state index < -0.39 is 0 Å². The normalized spacial score (nSPS) is 21.9. The van der Waals surface area contributed by atoms with Gasteiger partial charge in [0.1, 0.15) is 0 Å². The molecule has 0 spiro atoms. The molecule has 0 aliphatic carbocycles. The minimum absolute atomic E-state index is 0.586. The number of hydrogen-bond acceptors (Lipinski definition) is 3. The van der Waals surface area contributed by atoms with Gasteiger partial charge in [-0.2, -0.15) is 0 Å². The summed E-state index contributed by atoms with van der Waals surface area (Å²) in [6.45, 7) is 5.79. The highest BCUT2D eigenvalue weighted by Gasteiger charge is 2.27. The van der Waals surface area contributed by atoms with E-state index in [0.717, 1.165) is 5.03 Å². The quantitative estimate of drug-likeness (QED) is 0.749. The maximum absolute atomic E-state index is 4.47. The summed E-state index contributed by atoms with van der Waals surface area (Å²) in [6.07, 6.45) is 6.71. The summed E-state index contributed by atoms with van der Waals surface area (Å²) in [5, 5.41) is 1.11. The SMILES string of the molecule is CSc1ccc([C@H]2CCCN2C(C)C)cn1. The summed E-state index contributed by atoms with van der Waals surface area (Å²) in [4.78, 5) is 7.05. The molecule has 1 aliphatic heterocycles. The standard InChI is InChI=1S/C13H20N2S/c1-10(2)15-8-4-5-12(15)11-6-7-13(16-3)14-9-11/h6-7,9-10,12H,4-5,8H2,1-3H3/t12-/m1/s1. The van der Waals surface area contributed by atoms with Crippen LogP contribution >= 0.6 is 11.8 Å². The second-order valence-electron chi connectivity index (χ2n) is 4.62. The Morgan fingerprint density at radius 1 is 1.44 bits per heavy atom. The van der Waals surface area contributed by atoms with Gasteiger partial charge in [0.25, 0.3) is 0 Å². The fourth-order valence-electron chi connectivity index (χ4n) is 2.47. The lowest BCUT2D eigenvalue weighted by Gasteiger charge is -2.28. The topological polar surface area (TPSA) is 16.1 Å². The second kappa shape index (κ2) is 5.19. The van der Waals surface area contributed by atoms with Crippen LogP contribution in [0.1, 0.15) is 38.3 Å². The van der Waals surface area contributed by atoms with E-state index in [1.807, 2.05) is 0 Å². The lowest BCUT2D eigenvalue weighted by Crippen LogP contribution is -2.30. The first-order valence-corrected chi connectivity index (χ1v) is 7.20. The molecule has 1 saturated heterocycles. The van der Waals surface area contributed by atoms with Crippen LogP contribution in [0.3, 0.4) is 0 Å². The van der Waals surface area contributed by atoms with Gasteiger partial charge in [0.2, 0.25) is 0 Å². The van der Waals surface area contributed by atoms with Crippen LogP contribution in [0, 0.1) is 0 Å². The van der Waals surface area contributed by atoms with E-state index in [1.54, 1.807) is 11.8 Å². The highest BCUT2D eigenvalue weighted by Crippen LogP contribution is 2.33. The molecular weight excluding hydrogens is 216 g/mol. The number of aromatic nitrogens is 1. The average Bonchev–Trinajstić information content (AvgIpc) is 2.78. The zero-order valence-electron chi connectivity index (χ0n) is 10.3. The molecule has 1 aromatic heterocycles. The Bertz CT molecular complexity index is 334. The van der Waals surface area contributed by atoms with Gasteiger partial charge < -0.3 is 0 Å². The molecule has 0 N–H and O–H groups in total. The summed E-state index contributed by atoms with van der Waals surface area (Å²) < 4.78 is 0.